The molecule has 0 saturated heterocycles. The predicted octanol–water partition coefficient (Wildman–Crippen LogP) is 6.33. The first kappa shape index (κ1) is 30.4. The average molecular weight is 733 g/mol. The van der Waals surface area contributed by atoms with E-state index in [0.717, 1.165) is 64.2 Å². The van der Waals surface area contributed by atoms with Crippen molar-refractivity contribution in [1.29, 1.82) is 0 Å². The molecule has 167 valence electrons. The number of rotatable bonds is 20. The summed E-state index contributed by atoms with van der Waals surface area (Å²) in [5, 5.41) is 0. The van der Waals surface area contributed by atoms with Crippen molar-refractivity contribution in [2.75, 3.05) is 33.0 Å². The van der Waals surface area contributed by atoms with Gasteiger partial charge in [0.2, 0.25) is 0 Å². The molecule has 0 aliphatic rings. The fourth-order valence-corrected chi connectivity index (χ4v) is 11.5. The topological polar surface area (TPSA) is 46.2 Å². The molecule has 0 aromatic heterocycles. The van der Waals surface area contributed by atoms with Crippen molar-refractivity contribution in [3.63, 3.8) is 0 Å². The van der Waals surface area contributed by atoms with E-state index in [-0.39, 0.29) is 21.1 Å². The Morgan fingerprint density at radius 2 is 0.593 bits per heavy atom. The molecule has 7 heteroatoms. The summed E-state index contributed by atoms with van der Waals surface area (Å²) in [6.45, 7) is 13.6. The van der Waals surface area contributed by atoms with Crippen LogP contribution in [0.15, 0.2) is 0 Å². The quantitative estimate of drug-likeness (QED) is 0.137. The van der Waals surface area contributed by atoms with E-state index in [2.05, 4.69) is 34.6 Å². The summed E-state index contributed by atoms with van der Waals surface area (Å²) in [4.78, 5) is 0. The summed E-state index contributed by atoms with van der Waals surface area (Å²) in [6, 6.07) is 0. The van der Waals surface area contributed by atoms with Gasteiger partial charge in [-0.15, -0.1) is 0 Å². The minimum Gasteiger partial charge on any atom is 0 e. The third-order valence-electron chi connectivity index (χ3n) is 3.87. The second kappa shape index (κ2) is 19.2. The summed E-state index contributed by atoms with van der Waals surface area (Å²) in [7, 11) is 0. The largest absolute Gasteiger partial charge is 0 e. The van der Waals surface area contributed by atoms with Gasteiger partial charge in [0.15, 0.2) is 0 Å². The molecule has 0 spiro atoms. The van der Waals surface area contributed by atoms with Gasteiger partial charge in [-0.2, -0.15) is 0 Å². The summed E-state index contributed by atoms with van der Waals surface area (Å²) < 4.78 is 31.8. The molecule has 0 fully saturated rings. The molecule has 27 heavy (non-hydrogen) atoms. The Balaban J connectivity index is 0. The first-order valence-electron chi connectivity index (χ1n) is 10.8. The maximum absolute atomic E-state index is 6.36. The zero-order chi connectivity index (χ0) is 19.6. The Kier molecular flexibility index (Phi) is 21.6. The van der Waals surface area contributed by atoms with Crippen molar-refractivity contribution in [1.82, 2.24) is 0 Å². The smallest absolute Gasteiger partial charge is 0 e. The minimum absolute atomic E-state index is 0. The van der Waals surface area contributed by atoms with E-state index in [4.69, 9.17) is 17.0 Å². The Hall–Kier alpha value is 1.18. The monoisotopic (exact) mass is 733 g/mol. The first-order chi connectivity index (χ1) is 12.6. The Labute approximate surface area is 186 Å². The van der Waals surface area contributed by atoms with E-state index >= 15 is 0 Å². The summed E-state index contributed by atoms with van der Waals surface area (Å²) in [5.41, 5.74) is 0. The van der Waals surface area contributed by atoms with Crippen molar-refractivity contribution in [2.24, 2.45) is 0 Å². The molecule has 0 unspecified atom stereocenters. The van der Waals surface area contributed by atoms with Crippen LogP contribution in [-0.2, 0) is 54.7 Å². The SMILES string of the molecule is CCCC[O][W]([O]CCCC)([O]CCCC)([O]CCCC)[O]CCCC.[W]. The maximum Gasteiger partial charge on any atom is 0 e. The maximum atomic E-state index is 6.36. The number of unbranched alkanes of at least 4 members (excludes halogenated alkanes) is 5. The molecule has 0 radical (unpaired) electrons. The van der Waals surface area contributed by atoms with Gasteiger partial charge in [0.1, 0.15) is 0 Å². The Morgan fingerprint density at radius 1 is 0.407 bits per heavy atom. The van der Waals surface area contributed by atoms with E-state index in [9.17, 15) is 0 Å². The van der Waals surface area contributed by atoms with Gasteiger partial charge in [-0.3, -0.25) is 0 Å². The molecule has 0 aliphatic carbocycles. The molecule has 5 nitrogen and oxygen atoms in total. The standard InChI is InChI=1S/5C4H9O.2W/c5*1-2-3-4-5;;/h5*2-4H2,1H3;;/q5*-1;;+5. The average Bonchev–Trinajstić information content (AvgIpc) is 2.63. The zero-order valence-corrected chi connectivity index (χ0v) is 24.3. The van der Waals surface area contributed by atoms with Gasteiger partial charge in [-0.1, -0.05) is 0 Å². The predicted molar refractivity (Wildman–Crippen MR) is 104 cm³/mol. The Bertz CT molecular complexity index is 243. The van der Waals surface area contributed by atoms with E-state index in [0.29, 0.717) is 33.0 Å². The summed E-state index contributed by atoms with van der Waals surface area (Å²) >= 11 is -5.10. The molecule has 0 saturated carbocycles. The summed E-state index contributed by atoms with van der Waals surface area (Å²) in [6.07, 6.45) is 10.0. The normalized spacial score (nSPS) is 13.1. The molecule has 0 aromatic rings. The van der Waals surface area contributed by atoms with Crippen LogP contribution in [0.2, 0.25) is 0 Å². The molecule has 0 aliphatic heterocycles. The molecular formula is C20H45O5W2. The van der Waals surface area contributed by atoms with Gasteiger partial charge in [0.05, 0.1) is 0 Å². The Morgan fingerprint density at radius 3 is 0.741 bits per heavy atom. The van der Waals surface area contributed by atoms with Crippen molar-refractivity contribution in [3.05, 3.63) is 0 Å². The molecule has 0 aromatic carbocycles. The van der Waals surface area contributed by atoms with Crippen molar-refractivity contribution in [3.8, 4) is 0 Å². The fourth-order valence-electron chi connectivity index (χ4n) is 2.04. The van der Waals surface area contributed by atoms with E-state index < -0.39 is 16.7 Å². The van der Waals surface area contributed by atoms with E-state index in [1.807, 2.05) is 0 Å². The third kappa shape index (κ3) is 13.2. The van der Waals surface area contributed by atoms with Crippen LogP contribution in [0.25, 0.3) is 0 Å². The van der Waals surface area contributed by atoms with Crippen molar-refractivity contribution < 1.29 is 54.7 Å². The van der Waals surface area contributed by atoms with Crippen LogP contribution < -0.4 is 0 Å². The molecule has 0 rings (SSSR count). The number of hydrogen-bond acceptors (Lipinski definition) is 5. The van der Waals surface area contributed by atoms with Crippen LogP contribution in [-0.4, -0.2) is 33.0 Å². The van der Waals surface area contributed by atoms with Crippen LogP contribution in [0.3, 0.4) is 0 Å². The van der Waals surface area contributed by atoms with Crippen molar-refractivity contribution in [2.45, 2.75) is 98.8 Å². The van der Waals surface area contributed by atoms with Gasteiger partial charge in [-0.25, -0.2) is 0 Å². The third-order valence-corrected chi connectivity index (χ3v) is 13.8. The first-order valence-corrected chi connectivity index (χ1v) is 16.8. The van der Waals surface area contributed by atoms with Crippen LogP contribution >= 0.6 is 0 Å². The van der Waals surface area contributed by atoms with Crippen LogP contribution in [0.1, 0.15) is 98.8 Å². The second-order valence-electron chi connectivity index (χ2n) is 6.56. The van der Waals surface area contributed by atoms with Gasteiger partial charge >= 0.3 is 166 Å². The zero-order valence-electron chi connectivity index (χ0n) is 18.5. The fraction of sp³-hybridized carbons (Fsp3) is 1.00. The molecule has 0 amide bonds. The summed E-state index contributed by atoms with van der Waals surface area (Å²) in [5.74, 6) is 0. The molecule has 0 bridgehead atoms. The van der Waals surface area contributed by atoms with Crippen LogP contribution in [0, 0.1) is 0 Å². The number of hydrogen-bond donors (Lipinski definition) is 0. The molecule has 0 heterocycles. The van der Waals surface area contributed by atoms with Gasteiger partial charge in [0.25, 0.3) is 0 Å². The van der Waals surface area contributed by atoms with Gasteiger partial charge in [0, 0.05) is 21.1 Å². The van der Waals surface area contributed by atoms with E-state index in [1.165, 1.54) is 0 Å². The molecular weight excluding hydrogens is 688 g/mol. The van der Waals surface area contributed by atoms with E-state index in [1.54, 1.807) is 0 Å². The minimum atomic E-state index is -5.10. The van der Waals surface area contributed by atoms with Gasteiger partial charge < -0.3 is 0 Å². The molecule has 0 atom stereocenters. The molecule has 0 N–H and O–H groups in total. The van der Waals surface area contributed by atoms with Crippen LogP contribution in [0.4, 0.5) is 0 Å². The van der Waals surface area contributed by atoms with Crippen LogP contribution in [0.5, 0.6) is 0 Å². The van der Waals surface area contributed by atoms with Gasteiger partial charge in [-0.05, 0) is 0 Å². The second-order valence-corrected chi connectivity index (χ2v) is 15.7. The van der Waals surface area contributed by atoms with Crippen molar-refractivity contribution >= 4 is 0 Å².